The highest BCUT2D eigenvalue weighted by molar-refractivity contribution is 9.10. The third-order valence-corrected chi connectivity index (χ3v) is 7.51. The van der Waals surface area contributed by atoms with Crippen molar-refractivity contribution in [3.63, 3.8) is 0 Å². The molecular formula is C33H41BrN2O2. The molecule has 0 saturated carbocycles. The Morgan fingerprint density at radius 1 is 0.868 bits per heavy atom. The standard InChI is InChI=1S/C33H41BrN2O2/c1-6-24(2)35-32(38)30(22-26-10-8-7-9-11-26)36(23-27-14-19-29(34)20-15-27)31(37)21-16-25-12-17-28(18-13-25)33(3,4)5/h7-15,17-20,24,30H,6,16,21-23H2,1-5H3,(H,35,38)/t24-,30-/m0/s1. The molecule has 0 radical (unpaired) electrons. The molecule has 202 valence electrons. The van der Waals surface area contributed by atoms with Gasteiger partial charge in [-0.15, -0.1) is 0 Å². The van der Waals surface area contributed by atoms with Crippen LogP contribution in [-0.4, -0.2) is 28.8 Å². The van der Waals surface area contributed by atoms with Crippen molar-refractivity contribution in [2.24, 2.45) is 0 Å². The first kappa shape index (κ1) is 29.6. The second-order valence-electron chi connectivity index (χ2n) is 11.1. The summed E-state index contributed by atoms with van der Waals surface area (Å²) in [4.78, 5) is 29.2. The average Bonchev–Trinajstić information content (AvgIpc) is 2.90. The van der Waals surface area contributed by atoms with Crippen LogP contribution in [0.5, 0.6) is 0 Å². The second-order valence-corrected chi connectivity index (χ2v) is 12.0. The predicted octanol–water partition coefficient (Wildman–Crippen LogP) is 7.23. The Hall–Kier alpha value is -2.92. The molecule has 0 aliphatic heterocycles. The van der Waals surface area contributed by atoms with E-state index in [9.17, 15) is 9.59 Å². The molecule has 3 rings (SSSR count). The van der Waals surface area contributed by atoms with Gasteiger partial charge in [-0.3, -0.25) is 9.59 Å². The molecule has 0 bridgehead atoms. The Bertz CT molecular complexity index is 1170. The van der Waals surface area contributed by atoms with E-state index >= 15 is 0 Å². The Morgan fingerprint density at radius 3 is 2.05 bits per heavy atom. The lowest BCUT2D eigenvalue weighted by Crippen LogP contribution is -2.52. The van der Waals surface area contributed by atoms with E-state index in [1.54, 1.807) is 4.90 Å². The molecule has 0 fully saturated rings. The summed E-state index contributed by atoms with van der Waals surface area (Å²) < 4.78 is 0.980. The van der Waals surface area contributed by atoms with Crippen molar-refractivity contribution in [1.29, 1.82) is 0 Å². The highest BCUT2D eigenvalue weighted by Gasteiger charge is 2.30. The lowest BCUT2D eigenvalue weighted by Gasteiger charge is -2.32. The summed E-state index contributed by atoms with van der Waals surface area (Å²) in [5.74, 6) is -0.128. The van der Waals surface area contributed by atoms with Gasteiger partial charge in [-0.1, -0.05) is 110 Å². The molecule has 0 heterocycles. The van der Waals surface area contributed by atoms with E-state index < -0.39 is 6.04 Å². The minimum absolute atomic E-state index is 0.0203. The summed E-state index contributed by atoms with van der Waals surface area (Å²) >= 11 is 3.50. The van der Waals surface area contributed by atoms with Gasteiger partial charge < -0.3 is 10.2 Å². The van der Waals surface area contributed by atoms with Gasteiger partial charge in [0.25, 0.3) is 0 Å². The van der Waals surface area contributed by atoms with Crippen LogP contribution in [0.4, 0.5) is 0 Å². The molecule has 2 amide bonds. The Kier molecular flexibility index (Phi) is 10.7. The van der Waals surface area contributed by atoms with Gasteiger partial charge in [0.1, 0.15) is 6.04 Å². The van der Waals surface area contributed by atoms with Gasteiger partial charge in [-0.2, -0.15) is 0 Å². The largest absolute Gasteiger partial charge is 0.352 e. The quantitative estimate of drug-likeness (QED) is 0.261. The minimum Gasteiger partial charge on any atom is -0.352 e. The number of rotatable bonds is 11. The molecule has 0 saturated heterocycles. The first-order chi connectivity index (χ1) is 18.1. The molecule has 3 aromatic carbocycles. The normalized spacial score (nSPS) is 13.0. The van der Waals surface area contributed by atoms with Gasteiger partial charge in [-0.05, 0) is 59.6 Å². The topological polar surface area (TPSA) is 49.4 Å². The first-order valence-electron chi connectivity index (χ1n) is 13.5. The van der Waals surface area contributed by atoms with Crippen LogP contribution in [0.25, 0.3) is 0 Å². The number of carbonyl (C=O) groups excluding carboxylic acids is 2. The number of carbonyl (C=O) groups is 2. The van der Waals surface area contributed by atoms with Crippen LogP contribution < -0.4 is 5.32 Å². The van der Waals surface area contributed by atoms with Crippen LogP contribution in [0.15, 0.2) is 83.3 Å². The van der Waals surface area contributed by atoms with Crippen LogP contribution in [-0.2, 0) is 34.4 Å². The van der Waals surface area contributed by atoms with Crippen molar-refractivity contribution in [2.45, 2.75) is 84.3 Å². The second kappa shape index (κ2) is 13.7. The van der Waals surface area contributed by atoms with Crippen molar-refractivity contribution in [2.75, 3.05) is 0 Å². The zero-order valence-corrected chi connectivity index (χ0v) is 24.9. The molecule has 2 atom stereocenters. The molecule has 0 aliphatic carbocycles. The lowest BCUT2D eigenvalue weighted by molar-refractivity contribution is -0.141. The predicted molar refractivity (Wildman–Crippen MR) is 160 cm³/mol. The number of amides is 2. The van der Waals surface area contributed by atoms with E-state index in [1.165, 1.54) is 5.56 Å². The van der Waals surface area contributed by atoms with Crippen LogP contribution in [0.3, 0.4) is 0 Å². The number of hydrogen-bond donors (Lipinski definition) is 1. The fourth-order valence-electron chi connectivity index (χ4n) is 4.35. The molecule has 0 unspecified atom stereocenters. The number of aryl methyl sites for hydroxylation is 1. The number of nitrogens with one attached hydrogen (secondary N) is 1. The van der Waals surface area contributed by atoms with Gasteiger partial charge >= 0.3 is 0 Å². The fraction of sp³-hybridized carbons (Fsp3) is 0.394. The van der Waals surface area contributed by atoms with Gasteiger partial charge in [0.05, 0.1) is 0 Å². The van der Waals surface area contributed by atoms with Gasteiger partial charge in [0.2, 0.25) is 11.8 Å². The van der Waals surface area contributed by atoms with Crippen LogP contribution in [0.1, 0.15) is 69.7 Å². The summed E-state index contributed by atoms with van der Waals surface area (Å²) in [6, 6.07) is 25.9. The number of nitrogens with zero attached hydrogens (tertiary/aromatic N) is 1. The zero-order valence-electron chi connectivity index (χ0n) is 23.3. The summed E-state index contributed by atoms with van der Waals surface area (Å²) in [7, 11) is 0. The van der Waals surface area contributed by atoms with E-state index in [0.29, 0.717) is 25.8 Å². The highest BCUT2D eigenvalue weighted by Crippen LogP contribution is 2.23. The van der Waals surface area contributed by atoms with E-state index in [-0.39, 0.29) is 23.3 Å². The van der Waals surface area contributed by atoms with E-state index in [4.69, 9.17) is 0 Å². The van der Waals surface area contributed by atoms with E-state index in [0.717, 1.165) is 27.6 Å². The third kappa shape index (κ3) is 8.83. The first-order valence-corrected chi connectivity index (χ1v) is 14.3. The molecule has 3 aromatic rings. The number of halogens is 1. The van der Waals surface area contributed by atoms with E-state index in [2.05, 4.69) is 66.3 Å². The minimum atomic E-state index is -0.606. The highest BCUT2D eigenvalue weighted by atomic mass is 79.9. The molecule has 38 heavy (non-hydrogen) atoms. The maximum atomic E-state index is 13.8. The van der Waals surface area contributed by atoms with Gasteiger partial charge in [-0.25, -0.2) is 0 Å². The summed E-state index contributed by atoms with van der Waals surface area (Å²) in [6.45, 7) is 11.0. The Labute approximate surface area is 237 Å². The number of benzene rings is 3. The lowest BCUT2D eigenvalue weighted by atomic mass is 9.86. The Balaban J connectivity index is 1.88. The molecule has 0 aromatic heterocycles. The summed E-state index contributed by atoms with van der Waals surface area (Å²) in [5, 5.41) is 3.13. The smallest absolute Gasteiger partial charge is 0.243 e. The molecule has 1 N–H and O–H groups in total. The van der Waals surface area contributed by atoms with Crippen molar-refractivity contribution < 1.29 is 9.59 Å². The summed E-state index contributed by atoms with van der Waals surface area (Å²) in [6.07, 6.45) is 2.26. The molecule has 0 spiro atoms. The molecule has 5 heteroatoms. The molecule has 4 nitrogen and oxygen atoms in total. The number of hydrogen-bond acceptors (Lipinski definition) is 2. The van der Waals surface area contributed by atoms with Crippen molar-refractivity contribution >= 4 is 27.7 Å². The van der Waals surface area contributed by atoms with Gasteiger partial charge in [0, 0.05) is 29.9 Å². The van der Waals surface area contributed by atoms with Crippen LogP contribution in [0.2, 0.25) is 0 Å². The van der Waals surface area contributed by atoms with Crippen molar-refractivity contribution in [1.82, 2.24) is 10.2 Å². The average molecular weight is 578 g/mol. The summed E-state index contributed by atoms with van der Waals surface area (Å²) in [5.41, 5.74) is 4.50. The fourth-order valence-corrected chi connectivity index (χ4v) is 4.61. The monoisotopic (exact) mass is 576 g/mol. The maximum absolute atomic E-state index is 13.8. The molecule has 0 aliphatic rings. The zero-order chi connectivity index (χ0) is 27.7. The van der Waals surface area contributed by atoms with Gasteiger partial charge in [0.15, 0.2) is 0 Å². The third-order valence-electron chi connectivity index (χ3n) is 6.99. The van der Waals surface area contributed by atoms with E-state index in [1.807, 2.05) is 68.4 Å². The maximum Gasteiger partial charge on any atom is 0.243 e. The van der Waals surface area contributed by atoms with Crippen molar-refractivity contribution in [3.8, 4) is 0 Å². The van der Waals surface area contributed by atoms with Crippen LogP contribution in [0, 0.1) is 0 Å². The SMILES string of the molecule is CC[C@H](C)NC(=O)[C@H](Cc1ccccc1)N(Cc1ccc(Br)cc1)C(=O)CCc1ccc(C(C)(C)C)cc1. The van der Waals surface area contributed by atoms with Crippen LogP contribution >= 0.6 is 15.9 Å². The van der Waals surface area contributed by atoms with Crippen molar-refractivity contribution in [3.05, 3.63) is 106 Å². The Morgan fingerprint density at radius 2 is 1.47 bits per heavy atom. The molecular weight excluding hydrogens is 536 g/mol.